The lowest BCUT2D eigenvalue weighted by molar-refractivity contribution is -0.110. The Labute approximate surface area is 130 Å². The molecule has 2 aromatic rings. The molecule has 112 valence electrons. The van der Waals surface area contributed by atoms with Gasteiger partial charge < -0.3 is 15.0 Å². The molecule has 0 unspecified atom stereocenters. The first-order valence-corrected chi connectivity index (χ1v) is 7.07. The van der Waals surface area contributed by atoms with Gasteiger partial charge in [-0.3, -0.25) is 4.79 Å². The van der Waals surface area contributed by atoms with Gasteiger partial charge in [-0.05, 0) is 42.0 Å². The van der Waals surface area contributed by atoms with E-state index in [1.54, 1.807) is 7.11 Å². The minimum atomic E-state index is -0.0834. The quantitative estimate of drug-likeness (QED) is 0.884. The van der Waals surface area contributed by atoms with Gasteiger partial charge in [0.15, 0.2) is 0 Å². The predicted octanol–water partition coefficient (Wildman–Crippen LogP) is 3.25. The number of carbonyl (C=O) groups is 1. The number of carbonyl (C=O) groups excluding carboxylic acids is 1. The molecule has 22 heavy (non-hydrogen) atoms. The van der Waals surface area contributed by atoms with Gasteiger partial charge in [0.25, 0.3) is 5.91 Å². The fourth-order valence-electron chi connectivity index (χ4n) is 2.47. The van der Waals surface area contributed by atoms with Crippen LogP contribution in [0.15, 0.2) is 42.5 Å². The van der Waals surface area contributed by atoms with E-state index < -0.39 is 0 Å². The molecular weight excluding hydrogens is 276 g/mol. The summed E-state index contributed by atoms with van der Waals surface area (Å²) < 4.78 is 5.24. The summed E-state index contributed by atoms with van der Waals surface area (Å²) in [5.74, 6) is 0.657. The molecule has 0 aromatic heterocycles. The van der Waals surface area contributed by atoms with E-state index in [2.05, 4.69) is 5.32 Å². The highest BCUT2D eigenvalue weighted by molar-refractivity contribution is 6.35. The minimum Gasteiger partial charge on any atom is -0.497 e. The van der Waals surface area contributed by atoms with E-state index in [4.69, 9.17) is 4.74 Å². The maximum absolute atomic E-state index is 12.2. The van der Waals surface area contributed by atoms with Crippen molar-refractivity contribution < 1.29 is 9.53 Å². The monoisotopic (exact) mass is 294 g/mol. The predicted molar refractivity (Wildman–Crippen MR) is 90.3 cm³/mol. The number of ether oxygens (including phenoxy) is 1. The van der Waals surface area contributed by atoms with Crippen molar-refractivity contribution in [3.63, 3.8) is 0 Å². The lowest BCUT2D eigenvalue weighted by Gasteiger charge is -2.12. The first-order valence-electron chi connectivity index (χ1n) is 7.07. The highest BCUT2D eigenvalue weighted by Gasteiger charge is 2.24. The zero-order valence-corrected chi connectivity index (χ0v) is 12.9. The lowest BCUT2D eigenvalue weighted by atomic mass is 10.0. The van der Waals surface area contributed by atoms with E-state index in [-0.39, 0.29) is 5.91 Å². The van der Waals surface area contributed by atoms with E-state index in [9.17, 15) is 4.79 Å². The van der Waals surface area contributed by atoms with Crippen molar-refractivity contribution in [2.75, 3.05) is 31.4 Å². The number of hydrogen-bond acceptors (Lipinski definition) is 3. The van der Waals surface area contributed by atoms with Crippen molar-refractivity contribution in [3.05, 3.63) is 53.6 Å². The Bertz CT molecular complexity index is 746. The molecule has 1 aliphatic rings. The Morgan fingerprint density at radius 2 is 1.82 bits per heavy atom. The van der Waals surface area contributed by atoms with Crippen LogP contribution in [0.3, 0.4) is 0 Å². The second-order valence-electron chi connectivity index (χ2n) is 5.41. The molecule has 0 saturated heterocycles. The second kappa shape index (κ2) is 5.56. The van der Waals surface area contributed by atoms with E-state index in [1.165, 1.54) is 0 Å². The zero-order valence-electron chi connectivity index (χ0n) is 12.9. The summed E-state index contributed by atoms with van der Waals surface area (Å²) in [4.78, 5) is 14.2. The molecule has 0 saturated carbocycles. The highest BCUT2D eigenvalue weighted by atomic mass is 16.5. The van der Waals surface area contributed by atoms with Crippen molar-refractivity contribution in [3.8, 4) is 5.75 Å². The summed E-state index contributed by atoms with van der Waals surface area (Å²) in [6.07, 6.45) is 1.90. The van der Waals surface area contributed by atoms with Crippen molar-refractivity contribution >= 4 is 28.9 Å². The van der Waals surface area contributed by atoms with Crippen molar-refractivity contribution in [1.29, 1.82) is 0 Å². The maximum atomic E-state index is 12.2. The summed E-state index contributed by atoms with van der Waals surface area (Å²) in [6.45, 7) is 0. The molecule has 0 atom stereocenters. The van der Waals surface area contributed by atoms with Gasteiger partial charge in [0.2, 0.25) is 0 Å². The van der Waals surface area contributed by atoms with Gasteiger partial charge >= 0.3 is 0 Å². The molecule has 1 amide bonds. The van der Waals surface area contributed by atoms with Crippen LogP contribution in [0, 0.1) is 0 Å². The molecule has 0 bridgehead atoms. The Hall–Kier alpha value is -2.75. The molecule has 3 rings (SSSR count). The fourth-order valence-corrected chi connectivity index (χ4v) is 2.47. The van der Waals surface area contributed by atoms with Crippen LogP contribution in [-0.2, 0) is 4.79 Å². The van der Waals surface area contributed by atoms with Crippen molar-refractivity contribution in [2.45, 2.75) is 0 Å². The molecule has 1 heterocycles. The smallest absolute Gasteiger partial charge is 0.256 e. The molecule has 2 aromatic carbocycles. The number of methoxy groups -OCH3 is 1. The molecule has 1 N–H and O–H groups in total. The zero-order chi connectivity index (χ0) is 15.7. The first-order chi connectivity index (χ1) is 10.6. The average Bonchev–Trinajstić information content (AvgIpc) is 2.83. The Morgan fingerprint density at radius 1 is 1.09 bits per heavy atom. The summed E-state index contributed by atoms with van der Waals surface area (Å²) >= 11 is 0. The highest BCUT2D eigenvalue weighted by Crippen LogP contribution is 2.35. The Kier molecular flexibility index (Phi) is 3.59. The van der Waals surface area contributed by atoms with Crippen LogP contribution in [0.2, 0.25) is 0 Å². The molecule has 0 fully saturated rings. The molecule has 0 radical (unpaired) electrons. The molecule has 0 aliphatic carbocycles. The van der Waals surface area contributed by atoms with Crippen LogP contribution in [0.25, 0.3) is 11.6 Å². The summed E-state index contributed by atoms with van der Waals surface area (Å²) in [6, 6.07) is 13.7. The van der Waals surface area contributed by atoms with Gasteiger partial charge in [-0.1, -0.05) is 12.1 Å². The standard InChI is InChI=1S/C18H18N2O2/c1-20(2)13-6-4-12(5-7-13)10-16-15-11-14(22-3)8-9-17(15)19-18(16)21/h4-11H,1-3H3,(H,19,21)/b16-10+. The molecule has 4 heteroatoms. The summed E-state index contributed by atoms with van der Waals surface area (Å²) in [5.41, 5.74) is 4.47. The van der Waals surface area contributed by atoms with Gasteiger partial charge in [-0.2, -0.15) is 0 Å². The maximum Gasteiger partial charge on any atom is 0.256 e. The average molecular weight is 294 g/mol. The number of fused-ring (bicyclic) bond motifs is 1. The molecular formula is C18H18N2O2. The number of benzene rings is 2. The van der Waals surface area contributed by atoms with E-state index >= 15 is 0 Å². The third-order valence-electron chi connectivity index (χ3n) is 3.73. The van der Waals surface area contributed by atoms with Crippen LogP contribution in [-0.4, -0.2) is 27.1 Å². The van der Waals surface area contributed by atoms with Crippen LogP contribution in [0.4, 0.5) is 11.4 Å². The largest absolute Gasteiger partial charge is 0.497 e. The summed E-state index contributed by atoms with van der Waals surface area (Å²) in [7, 11) is 5.62. The number of nitrogens with zero attached hydrogens (tertiary/aromatic N) is 1. The fraction of sp³-hybridized carbons (Fsp3) is 0.167. The molecule has 0 spiro atoms. The SMILES string of the molecule is COc1ccc2c(c1)/C(=C\c1ccc(N(C)C)cc1)C(=O)N2. The number of hydrogen-bond donors (Lipinski definition) is 1. The van der Waals surface area contributed by atoms with Crippen molar-refractivity contribution in [1.82, 2.24) is 0 Å². The Morgan fingerprint density at radius 3 is 2.45 bits per heavy atom. The van der Waals surface area contributed by atoms with Crippen LogP contribution in [0.1, 0.15) is 11.1 Å². The minimum absolute atomic E-state index is 0.0834. The molecule has 4 nitrogen and oxygen atoms in total. The number of rotatable bonds is 3. The second-order valence-corrected chi connectivity index (χ2v) is 5.41. The van der Waals surface area contributed by atoms with Gasteiger partial charge in [-0.25, -0.2) is 0 Å². The van der Waals surface area contributed by atoms with E-state index in [0.717, 1.165) is 28.3 Å². The van der Waals surface area contributed by atoms with E-state index in [0.29, 0.717) is 5.57 Å². The van der Waals surface area contributed by atoms with Gasteiger partial charge in [0.05, 0.1) is 7.11 Å². The third-order valence-corrected chi connectivity index (χ3v) is 3.73. The van der Waals surface area contributed by atoms with Crippen LogP contribution < -0.4 is 15.0 Å². The van der Waals surface area contributed by atoms with Gasteiger partial charge in [0, 0.05) is 36.6 Å². The van der Waals surface area contributed by atoms with Gasteiger partial charge in [-0.15, -0.1) is 0 Å². The van der Waals surface area contributed by atoms with Crippen LogP contribution in [0.5, 0.6) is 5.75 Å². The van der Waals surface area contributed by atoms with Crippen LogP contribution >= 0.6 is 0 Å². The van der Waals surface area contributed by atoms with E-state index in [1.807, 2.05) is 67.5 Å². The lowest BCUT2D eigenvalue weighted by Crippen LogP contribution is -2.08. The number of amides is 1. The third kappa shape index (κ3) is 2.55. The summed E-state index contributed by atoms with van der Waals surface area (Å²) in [5, 5.41) is 2.88. The Balaban J connectivity index is 1.99. The normalized spacial score (nSPS) is 14.7. The topological polar surface area (TPSA) is 41.6 Å². The number of nitrogens with one attached hydrogen (secondary N) is 1. The van der Waals surface area contributed by atoms with Gasteiger partial charge in [0.1, 0.15) is 5.75 Å². The molecule has 1 aliphatic heterocycles. The van der Waals surface area contributed by atoms with Crippen molar-refractivity contribution in [2.24, 2.45) is 0 Å². The first kappa shape index (κ1) is 14.2. The number of anilines is 2.